The number of halogens is 5. The lowest BCUT2D eigenvalue weighted by Crippen LogP contribution is -2.57. The average molecular weight is 543 g/mol. The van der Waals surface area contributed by atoms with Crippen molar-refractivity contribution in [3.05, 3.63) is 29.8 Å². The molecule has 0 bridgehead atoms. The maximum atomic E-state index is 10.9. The van der Waals surface area contributed by atoms with Crippen molar-refractivity contribution in [2.75, 3.05) is 0 Å². The number of carbonyl (C=O) groups is 2. The molecular weight excluding hydrogens is 530 g/mol. The highest BCUT2D eigenvalue weighted by atomic mass is 79.9. The minimum absolute atomic E-state index is 0.0671. The second-order valence-electron chi connectivity index (χ2n) is 5.23. The number of carboxylic acid groups (broad SMARTS) is 2. The summed E-state index contributed by atoms with van der Waals surface area (Å²) in [6.45, 7) is 0. The zero-order valence-electron chi connectivity index (χ0n) is 12.2. The molecule has 6 nitrogen and oxygen atoms in total. The number of benzene rings is 1. The summed E-state index contributed by atoms with van der Waals surface area (Å²) in [5, 5.41) is 35.1. The molecule has 0 spiro atoms. The lowest BCUT2D eigenvalue weighted by Gasteiger charge is -2.44. The molecule has 2 rings (SSSR count). The number of hydrogen-bond donors (Lipinski definition) is 4. The Morgan fingerprint density at radius 1 is 1.16 bits per heavy atom. The Labute approximate surface area is 174 Å². The molecule has 3 unspecified atom stereocenters. The summed E-state index contributed by atoms with van der Waals surface area (Å²) < 4.78 is -2.46. The van der Waals surface area contributed by atoms with E-state index in [-0.39, 0.29) is 17.7 Å². The van der Waals surface area contributed by atoms with Gasteiger partial charge >= 0.3 is 11.9 Å². The van der Waals surface area contributed by atoms with Gasteiger partial charge in [0.25, 0.3) is 0 Å². The van der Waals surface area contributed by atoms with Gasteiger partial charge in [-0.25, -0.2) is 4.79 Å². The van der Waals surface area contributed by atoms with Crippen molar-refractivity contribution in [1.29, 1.82) is 0 Å². The number of para-hydroxylation sites is 1. The molecule has 3 atom stereocenters. The van der Waals surface area contributed by atoms with Crippen molar-refractivity contribution in [1.82, 2.24) is 0 Å². The largest absolute Gasteiger partial charge is 0.507 e. The van der Waals surface area contributed by atoms with Crippen LogP contribution in [0.25, 0.3) is 0 Å². The van der Waals surface area contributed by atoms with Gasteiger partial charge in [-0.2, -0.15) is 0 Å². The third kappa shape index (κ3) is 5.61. The van der Waals surface area contributed by atoms with Crippen LogP contribution in [-0.2, 0) is 4.79 Å². The predicted octanol–water partition coefficient (Wildman–Crippen LogP) is 3.81. The van der Waals surface area contributed by atoms with Gasteiger partial charge in [0.1, 0.15) is 30.9 Å². The van der Waals surface area contributed by atoms with Gasteiger partial charge in [0, 0.05) is 6.42 Å². The summed E-state index contributed by atoms with van der Waals surface area (Å²) in [6, 6.07) is 5.81. The molecule has 140 valence electrons. The van der Waals surface area contributed by atoms with E-state index >= 15 is 0 Å². The Hall–Kier alpha value is -0.250. The summed E-state index contributed by atoms with van der Waals surface area (Å²) in [5.41, 5.74) is -0.0671. The van der Waals surface area contributed by atoms with E-state index in [4.69, 9.17) is 50.1 Å². The van der Waals surface area contributed by atoms with E-state index in [9.17, 15) is 14.7 Å². The lowest BCUT2D eigenvalue weighted by atomic mass is 9.85. The van der Waals surface area contributed by atoms with Gasteiger partial charge in [-0.15, -0.1) is 11.6 Å². The van der Waals surface area contributed by atoms with Gasteiger partial charge < -0.3 is 20.4 Å². The summed E-state index contributed by atoms with van der Waals surface area (Å²) in [4.78, 5) is 21.2. The van der Waals surface area contributed by atoms with Gasteiger partial charge in [0.2, 0.25) is 0 Å². The normalized spacial score (nSPS) is 26.9. The maximum Gasteiger partial charge on any atom is 0.339 e. The van der Waals surface area contributed by atoms with E-state index in [1.165, 1.54) is 12.1 Å². The molecule has 1 aromatic rings. The number of rotatable bonds is 2. The number of aliphatic carboxylic acids is 1. The SMILES string of the molecule is O=C(O)C1C(O)C(Cl)(Cl)CC(Br)(Br)C1Cl.O=C(O)c1ccccc1O. The summed E-state index contributed by atoms with van der Waals surface area (Å²) in [6.07, 6.45) is -1.33. The maximum absolute atomic E-state index is 10.9. The molecule has 0 aromatic heterocycles. The molecular formula is C14H13Br2Cl3O6. The molecule has 1 saturated carbocycles. The molecule has 1 aromatic carbocycles. The van der Waals surface area contributed by atoms with Gasteiger partial charge in [-0.3, -0.25) is 4.79 Å². The van der Waals surface area contributed by atoms with Gasteiger partial charge in [-0.05, 0) is 12.1 Å². The van der Waals surface area contributed by atoms with Crippen LogP contribution in [0.3, 0.4) is 0 Å². The Bertz CT molecular complexity index is 635. The highest BCUT2D eigenvalue weighted by Crippen LogP contribution is 2.54. The van der Waals surface area contributed by atoms with Crippen molar-refractivity contribution in [2.24, 2.45) is 5.92 Å². The fraction of sp³-hybridized carbons (Fsp3) is 0.429. The van der Waals surface area contributed by atoms with Crippen molar-refractivity contribution in [2.45, 2.75) is 25.5 Å². The topological polar surface area (TPSA) is 115 Å². The van der Waals surface area contributed by atoms with Crippen LogP contribution in [0.5, 0.6) is 5.75 Å². The first-order valence-corrected chi connectivity index (χ1v) is 9.41. The molecule has 0 saturated heterocycles. The van der Waals surface area contributed by atoms with E-state index in [1.807, 2.05) is 0 Å². The fourth-order valence-electron chi connectivity index (χ4n) is 2.12. The first-order chi connectivity index (χ1) is 11.3. The number of carboxylic acids is 2. The summed E-state index contributed by atoms with van der Waals surface area (Å²) in [7, 11) is 0. The summed E-state index contributed by atoms with van der Waals surface area (Å²) >= 11 is 24.1. The Morgan fingerprint density at radius 2 is 1.68 bits per heavy atom. The predicted molar refractivity (Wildman–Crippen MR) is 101 cm³/mol. The number of aliphatic hydroxyl groups excluding tert-OH is 1. The monoisotopic (exact) mass is 540 g/mol. The quantitative estimate of drug-likeness (QED) is 0.422. The lowest BCUT2D eigenvalue weighted by molar-refractivity contribution is -0.147. The van der Waals surface area contributed by atoms with E-state index < -0.39 is 36.9 Å². The first-order valence-electron chi connectivity index (χ1n) is 6.63. The van der Waals surface area contributed by atoms with E-state index in [1.54, 1.807) is 12.1 Å². The van der Waals surface area contributed by atoms with Crippen molar-refractivity contribution in [3.63, 3.8) is 0 Å². The van der Waals surface area contributed by atoms with Crippen LogP contribution >= 0.6 is 66.7 Å². The molecule has 0 amide bonds. The molecule has 1 fully saturated rings. The fourth-order valence-corrected chi connectivity index (χ4v) is 5.23. The molecule has 0 aliphatic heterocycles. The molecule has 0 radical (unpaired) electrons. The van der Waals surface area contributed by atoms with Crippen LogP contribution in [0, 0.1) is 5.92 Å². The second kappa shape index (κ2) is 8.63. The number of hydrogen-bond acceptors (Lipinski definition) is 4. The van der Waals surface area contributed by atoms with Crippen LogP contribution < -0.4 is 0 Å². The first kappa shape index (κ1) is 22.8. The van der Waals surface area contributed by atoms with Gasteiger partial charge in [-0.1, -0.05) is 67.2 Å². The number of aromatic carboxylic acids is 1. The zero-order chi connectivity index (χ0) is 19.6. The highest BCUT2D eigenvalue weighted by Gasteiger charge is 2.58. The molecule has 4 N–H and O–H groups in total. The molecule has 0 heterocycles. The van der Waals surface area contributed by atoms with Crippen molar-refractivity contribution >= 4 is 78.6 Å². The molecule has 11 heteroatoms. The van der Waals surface area contributed by atoms with Crippen LogP contribution in [0.15, 0.2) is 24.3 Å². The minimum Gasteiger partial charge on any atom is -0.507 e. The van der Waals surface area contributed by atoms with E-state index in [2.05, 4.69) is 31.9 Å². The molecule has 1 aliphatic carbocycles. The Kier molecular flexibility index (Phi) is 7.86. The van der Waals surface area contributed by atoms with Crippen LogP contribution in [0.1, 0.15) is 16.8 Å². The summed E-state index contributed by atoms with van der Waals surface area (Å²) in [5.74, 6) is -3.79. The molecule has 1 aliphatic rings. The van der Waals surface area contributed by atoms with Gasteiger partial charge in [0.05, 0.1) is 5.38 Å². The van der Waals surface area contributed by atoms with Crippen LogP contribution in [0.2, 0.25) is 0 Å². The number of aliphatic hydroxyl groups is 1. The number of aromatic hydroxyl groups is 1. The smallest absolute Gasteiger partial charge is 0.339 e. The standard InChI is InChI=1S/C7H7Br2Cl3O3.C7H6O3/c8-6(9)1-7(11,12)4(13)2(3(6)10)5(14)15;8-6-4-2-1-3-5(6)7(9)10/h2-4,13H,1H2,(H,14,15);1-4,8H,(H,9,10). The van der Waals surface area contributed by atoms with Crippen LogP contribution in [0.4, 0.5) is 0 Å². The Morgan fingerprint density at radius 3 is 2.08 bits per heavy atom. The zero-order valence-corrected chi connectivity index (χ0v) is 17.7. The third-order valence-corrected chi connectivity index (χ3v) is 6.82. The average Bonchev–Trinajstić information content (AvgIpc) is 2.45. The van der Waals surface area contributed by atoms with E-state index in [0.717, 1.165) is 0 Å². The minimum atomic E-state index is -1.55. The highest BCUT2D eigenvalue weighted by molar-refractivity contribution is 9.25. The molecule has 25 heavy (non-hydrogen) atoms. The Balaban J connectivity index is 0.000000271. The second-order valence-corrected chi connectivity index (χ2v) is 11.1. The van der Waals surface area contributed by atoms with Crippen LogP contribution in [-0.4, -0.2) is 51.4 Å². The number of phenols is 1. The van der Waals surface area contributed by atoms with E-state index in [0.29, 0.717) is 0 Å². The van der Waals surface area contributed by atoms with Crippen molar-refractivity contribution in [3.8, 4) is 5.75 Å². The van der Waals surface area contributed by atoms with Crippen molar-refractivity contribution < 1.29 is 30.0 Å². The number of alkyl halides is 5. The van der Waals surface area contributed by atoms with Gasteiger partial charge in [0.15, 0.2) is 0 Å². The third-order valence-electron chi connectivity index (χ3n) is 3.38.